The minimum absolute atomic E-state index is 0.192. The van der Waals surface area contributed by atoms with E-state index >= 15 is 0 Å². The molecular formula is C19H21FN2O5S. The van der Waals surface area contributed by atoms with Gasteiger partial charge in [-0.3, -0.25) is 9.59 Å². The number of esters is 1. The summed E-state index contributed by atoms with van der Waals surface area (Å²) in [6.45, 7) is 4.48. The molecule has 2 N–H and O–H groups in total. The van der Waals surface area contributed by atoms with Crippen molar-refractivity contribution in [1.82, 2.24) is 4.72 Å². The number of amides is 1. The summed E-state index contributed by atoms with van der Waals surface area (Å²) in [4.78, 5) is 23.8. The summed E-state index contributed by atoms with van der Waals surface area (Å²) in [6, 6.07) is 9.61. The zero-order chi connectivity index (χ0) is 20.9. The van der Waals surface area contributed by atoms with Gasteiger partial charge in [0.2, 0.25) is 10.0 Å². The fraction of sp³-hybridized carbons (Fsp3) is 0.263. The van der Waals surface area contributed by atoms with E-state index in [1.165, 1.54) is 6.92 Å². The molecule has 9 heteroatoms. The predicted molar refractivity (Wildman–Crippen MR) is 102 cm³/mol. The van der Waals surface area contributed by atoms with E-state index in [0.29, 0.717) is 5.69 Å². The lowest BCUT2D eigenvalue weighted by atomic mass is 10.1. The summed E-state index contributed by atoms with van der Waals surface area (Å²) in [6.07, 6.45) is -1.12. The van der Waals surface area contributed by atoms with Crippen molar-refractivity contribution < 1.29 is 27.1 Å². The van der Waals surface area contributed by atoms with Crippen molar-refractivity contribution in [3.63, 3.8) is 0 Å². The fourth-order valence-electron chi connectivity index (χ4n) is 2.33. The molecule has 0 aliphatic carbocycles. The highest BCUT2D eigenvalue weighted by atomic mass is 32.2. The Bertz CT molecular complexity index is 974. The highest BCUT2D eigenvalue weighted by Gasteiger charge is 2.21. The van der Waals surface area contributed by atoms with Gasteiger partial charge in [-0.15, -0.1) is 0 Å². The first kappa shape index (κ1) is 21.5. The van der Waals surface area contributed by atoms with E-state index in [9.17, 15) is 22.4 Å². The molecule has 2 aromatic carbocycles. The molecule has 0 saturated heterocycles. The second kappa shape index (κ2) is 8.94. The van der Waals surface area contributed by atoms with Gasteiger partial charge in [-0.1, -0.05) is 17.7 Å². The third kappa shape index (κ3) is 5.86. The van der Waals surface area contributed by atoms with Gasteiger partial charge in [0.15, 0.2) is 6.10 Å². The molecule has 2 rings (SSSR count). The molecule has 0 fully saturated rings. The summed E-state index contributed by atoms with van der Waals surface area (Å²) < 4.78 is 44.0. The Morgan fingerprint density at radius 2 is 1.75 bits per heavy atom. The minimum Gasteiger partial charge on any atom is -0.452 e. The molecule has 1 amide bonds. The lowest BCUT2D eigenvalue weighted by Gasteiger charge is -2.15. The molecule has 0 aliphatic rings. The van der Waals surface area contributed by atoms with Crippen LogP contribution in [-0.4, -0.2) is 32.9 Å². The molecule has 0 aromatic heterocycles. The van der Waals surface area contributed by atoms with Crippen molar-refractivity contribution in [3.05, 3.63) is 59.4 Å². The van der Waals surface area contributed by atoms with E-state index in [2.05, 4.69) is 5.32 Å². The fourth-order valence-corrected chi connectivity index (χ4v) is 3.30. The predicted octanol–water partition coefficient (Wildman–Crippen LogP) is 2.29. The molecule has 1 atom stereocenters. The van der Waals surface area contributed by atoms with Gasteiger partial charge >= 0.3 is 5.97 Å². The molecule has 2 aromatic rings. The third-order valence-electron chi connectivity index (χ3n) is 3.85. The van der Waals surface area contributed by atoms with Crippen molar-refractivity contribution in [2.75, 3.05) is 11.9 Å². The largest absolute Gasteiger partial charge is 0.452 e. The van der Waals surface area contributed by atoms with E-state index in [1.54, 1.807) is 6.07 Å². The monoisotopic (exact) mass is 408 g/mol. The van der Waals surface area contributed by atoms with Gasteiger partial charge in [-0.2, -0.15) is 4.72 Å². The lowest BCUT2D eigenvalue weighted by molar-refractivity contribution is -0.151. The van der Waals surface area contributed by atoms with Crippen LogP contribution in [0.25, 0.3) is 0 Å². The van der Waals surface area contributed by atoms with Gasteiger partial charge in [0.25, 0.3) is 5.91 Å². The summed E-state index contributed by atoms with van der Waals surface area (Å²) >= 11 is 0. The number of aryl methyl sites for hydroxylation is 2. The van der Waals surface area contributed by atoms with Crippen LogP contribution in [0.4, 0.5) is 10.1 Å². The number of rotatable bonds is 7. The van der Waals surface area contributed by atoms with E-state index in [4.69, 9.17) is 4.74 Å². The van der Waals surface area contributed by atoms with Crippen LogP contribution >= 0.6 is 0 Å². The SMILES string of the molecule is Cc1ccc(NC(=O)[C@H](C)OC(=O)CNS(=O)(=O)c2ccc(F)cc2)c(C)c1. The topological polar surface area (TPSA) is 102 Å². The Morgan fingerprint density at radius 3 is 2.36 bits per heavy atom. The molecule has 0 heterocycles. The number of benzene rings is 2. The van der Waals surface area contributed by atoms with Crippen LogP contribution in [0.15, 0.2) is 47.4 Å². The van der Waals surface area contributed by atoms with Crippen molar-refractivity contribution in [2.24, 2.45) is 0 Å². The van der Waals surface area contributed by atoms with E-state index < -0.39 is 40.4 Å². The van der Waals surface area contributed by atoms with Gasteiger partial charge in [-0.25, -0.2) is 12.8 Å². The number of anilines is 1. The van der Waals surface area contributed by atoms with E-state index in [0.717, 1.165) is 35.4 Å². The second-order valence-electron chi connectivity index (χ2n) is 6.22. The number of sulfonamides is 1. The van der Waals surface area contributed by atoms with Gasteiger partial charge in [0.05, 0.1) is 4.90 Å². The van der Waals surface area contributed by atoms with E-state index in [-0.39, 0.29) is 4.90 Å². The van der Waals surface area contributed by atoms with Crippen LogP contribution in [0.5, 0.6) is 0 Å². The number of hydrogen-bond acceptors (Lipinski definition) is 5. The van der Waals surface area contributed by atoms with Crippen LogP contribution in [0.1, 0.15) is 18.1 Å². The number of carbonyl (C=O) groups excluding carboxylic acids is 2. The molecule has 28 heavy (non-hydrogen) atoms. The number of carbonyl (C=O) groups is 2. The normalized spacial score (nSPS) is 12.3. The Labute approximate surface area is 163 Å². The van der Waals surface area contributed by atoms with Crippen LogP contribution < -0.4 is 10.0 Å². The second-order valence-corrected chi connectivity index (χ2v) is 7.99. The zero-order valence-electron chi connectivity index (χ0n) is 15.7. The maximum Gasteiger partial charge on any atom is 0.321 e. The Balaban J connectivity index is 1.89. The van der Waals surface area contributed by atoms with Gasteiger partial charge in [0, 0.05) is 5.69 Å². The van der Waals surface area contributed by atoms with Crippen LogP contribution in [0.3, 0.4) is 0 Å². The first-order valence-electron chi connectivity index (χ1n) is 8.41. The Kier molecular flexibility index (Phi) is 6.87. The molecule has 0 radical (unpaired) electrons. The average Bonchev–Trinajstić information content (AvgIpc) is 2.62. The van der Waals surface area contributed by atoms with Crippen molar-refractivity contribution >= 4 is 27.6 Å². The van der Waals surface area contributed by atoms with Gasteiger partial charge in [-0.05, 0) is 56.7 Å². The summed E-state index contributed by atoms with van der Waals surface area (Å²) in [5, 5.41) is 2.66. The molecule has 0 aliphatic heterocycles. The highest BCUT2D eigenvalue weighted by Crippen LogP contribution is 2.16. The molecule has 150 valence electrons. The van der Waals surface area contributed by atoms with Crippen LogP contribution in [-0.2, 0) is 24.3 Å². The number of hydrogen-bond donors (Lipinski definition) is 2. The molecule has 0 unspecified atom stereocenters. The quantitative estimate of drug-likeness (QED) is 0.685. The summed E-state index contributed by atoms with van der Waals surface area (Å²) in [5.74, 6) is -2.04. The van der Waals surface area contributed by atoms with Crippen molar-refractivity contribution in [2.45, 2.75) is 31.8 Å². The first-order valence-corrected chi connectivity index (χ1v) is 9.89. The number of halogens is 1. The summed E-state index contributed by atoms with van der Waals surface area (Å²) in [5.41, 5.74) is 2.50. The minimum atomic E-state index is -4.00. The van der Waals surface area contributed by atoms with Gasteiger partial charge in [0.1, 0.15) is 12.4 Å². The van der Waals surface area contributed by atoms with Crippen LogP contribution in [0.2, 0.25) is 0 Å². The average molecular weight is 408 g/mol. The number of ether oxygens (including phenoxy) is 1. The zero-order valence-corrected chi connectivity index (χ0v) is 16.5. The van der Waals surface area contributed by atoms with Crippen molar-refractivity contribution in [3.8, 4) is 0 Å². The van der Waals surface area contributed by atoms with Crippen LogP contribution in [0, 0.1) is 19.7 Å². The maximum atomic E-state index is 12.9. The first-order chi connectivity index (χ1) is 13.1. The summed E-state index contributed by atoms with van der Waals surface area (Å²) in [7, 11) is -4.00. The maximum absolute atomic E-state index is 12.9. The molecule has 0 saturated carbocycles. The third-order valence-corrected chi connectivity index (χ3v) is 5.26. The van der Waals surface area contributed by atoms with Crippen molar-refractivity contribution in [1.29, 1.82) is 0 Å². The molecular weight excluding hydrogens is 387 g/mol. The lowest BCUT2D eigenvalue weighted by Crippen LogP contribution is -2.35. The molecule has 7 nitrogen and oxygen atoms in total. The smallest absolute Gasteiger partial charge is 0.321 e. The highest BCUT2D eigenvalue weighted by molar-refractivity contribution is 7.89. The van der Waals surface area contributed by atoms with Gasteiger partial charge < -0.3 is 10.1 Å². The number of nitrogens with one attached hydrogen (secondary N) is 2. The Hall–Kier alpha value is -2.78. The molecule has 0 bridgehead atoms. The Morgan fingerprint density at radius 1 is 1.11 bits per heavy atom. The van der Waals surface area contributed by atoms with E-state index in [1.807, 2.05) is 30.7 Å². The standard InChI is InChI=1S/C19H21FN2O5S/c1-12-4-9-17(13(2)10-12)22-19(24)14(3)27-18(23)11-21-28(25,26)16-7-5-15(20)6-8-16/h4-10,14,21H,11H2,1-3H3,(H,22,24)/t14-/m0/s1. The molecule has 0 spiro atoms.